The van der Waals surface area contributed by atoms with E-state index in [1.54, 1.807) is 0 Å². The van der Waals surface area contributed by atoms with E-state index in [2.05, 4.69) is 0 Å². The summed E-state index contributed by atoms with van der Waals surface area (Å²) in [6.07, 6.45) is 0. The lowest BCUT2D eigenvalue weighted by atomic mass is 10.2. The van der Waals surface area contributed by atoms with Crippen LogP contribution in [0.1, 0.15) is 19.4 Å². The van der Waals surface area contributed by atoms with Gasteiger partial charge in [0.2, 0.25) is 0 Å². The van der Waals surface area contributed by atoms with Crippen molar-refractivity contribution in [2.24, 2.45) is 0 Å². The molecule has 0 fully saturated rings. The Kier molecular flexibility index (Phi) is 5.98. The quantitative estimate of drug-likeness (QED) is 0.756. The van der Waals surface area contributed by atoms with Crippen molar-refractivity contribution in [3.63, 3.8) is 0 Å². The number of hydrogen-bond donors (Lipinski definition) is 1. The third kappa shape index (κ3) is 3.95. The molecule has 0 aliphatic carbocycles. The summed E-state index contributed by atoms with van der Waals surface area (Å²) >= 11 is 0. The molecule has 2 heteroatoms. The third-order valence-corrected chi connectivity index (χ3v) is 1.61. The van der Waals surface area contributed by atoms with E-state index in [0.717, 1.165) is 11.3 Å². The summed E-state index contributed by atoms with van der Waals surface area (Å²) in [7, 11) is 3.97. The van der Waals surface area contributed by atoms with E-state index in [0.29, 0.717) is 0 Å². The zero-order valence-corrected chi connectivity index (χ0v) is 8.91. The summed E-state index contributed by atoms with van der Waals surface area (Å²) in [5.41, 5.74) is 2.08. The molecule has 0 bridgehead atoms. The Morgan fingerprint density at radius 3 is 2.31 bits per heavy atom. The van der Waals surface area contributed by atoms with Gasteiger partial charge >= 0.3 is 0 Å². The van der Waals surface area contributed by atoms with Gasteiger partial charge in [-0.3, -0.25) is 0 Å². The normalized spacial score (nSPS) is 8.69. The maximum absolute atomic E-state index is 8.83. The van der Waals surface area contributed by atoms with Crippen molar-refractivity contribution in [1.82, 2.24) is 0 Å². The van der Waals surface area contributed by atoms with Gasteiger partial charge in [0.05, 0.1) is 6.61 Å². The van der Waals surface area contributed by atoms with Crippen LogP contribution in [0.2, 0.25) is 0 Å². The molecular weight excluding hydrogens is 162 g/mol. The van der Waals surface area contributed by atoms with Gasteiger partial charge < -0.3 is 10.0 Å². The van der Waals surface area contributed by atoms with Crippen LogP contribution in [0.25, 0.3) is 0 Å². The number of rotatable bonds is 2. The van der Waals surface area contributed by atoms with Crippen molar-refractivity contribution in [3.05, 3.63) is 29.8 Å². The van der Waals surface area contributed by atoms with Crippen LogP contribution in [0.5, 0.6) is 0 Å². The first-order valence-electron chi connectivity index (χ1n) is 4.61. The van der Waals surface area contributed by atoms with Gasteiger partial charge in [-0.25, -0.2) is 0 Å². The van der Waals surface area contributed by atoms with Gasteiger partial charge in [0.15, 0.2) is 0 Å². The summed E-state index contributed by atoms with van der Waals surface area (Å²) in [4.78, 5) is 2.01. The molecule has 2 nitrogen and oxygen atoms in total. The standard InChI is InChI=1S/C9H13NO.C2H6/c1-10(2)9-5-3-4-8(6-9)7-11;1-2/h3-6,11H,7H2,1-2H3;1-2H3. The highest BCUT2D eigenvalue weighted by atomic mass is 16.3. The zero-order chi connectivity index (χ0) is 10.3. The predicted molar refractivity (Wildman–Crippen MR) is 58.0 cm³/mol. The van der Waals surface area contributed by atoms with Gasteiger partial charge in [-0.15, -0.1) is 0 Å². The van der Waals surface area contributed by atoms with Crippen LogP contribution in [0.4, 0.5) is 5.69 Å². The number of aliphatic hydroxyl groups excluding tert-OH is 1. The molecule has 13 heavy (non-hydrogen) atoms. The Bertz CT molecular complexity index is 233. The number of benzene rings is 1. The highest BCUT2D eigenvalue weighted by Crippen LogP contribution is 2.12. The van der Waals surface area contributed by atoms with Crippen LogP contribution in [-0.4, -0.2) is 19.2 Å². The summed E-state index contributed by atoms with van der Waals surface area (Å²) in [5, 5.41) is 8.83. The molecule has 0 aliphatic rings. The van der Waals surface area contributed by atoms with Gasteiger partial charge in [-0.05, 0) is 17.7 Å². The third-order valence-electron chi connectivity index (χ3n) is 1.61. The fourth-order valence-corrected chi connectivity index (χ4v) is 0.933. The summed E-state index contributed by atoms with van der Waals surface area (Å²) in [6.45, 7) is 4.11. The maximum atomic E-state index is 8.83. The summed E-state index contributed by atoms with van der Waals surface area (Å²) < 4.78 is 0. The van der Waals surface area contributed by atoms with E-state index >= 15 is 0 Å². The number of anilines is 1. The smallest absolute Gasteiger partial charge is 0.0682 e. The lowest BCUT2D eigenvalue weighted by Crippen LogP contribution is -2.08. The topological polar surface area (TPSA) is 23.5 Å². The monoisotopic (exact) mass is 181 g/mol. The SMILES string of the molecule is CC.CN(C)c1cccc(CO)c1. The Balaban J connectivity index is 0.000000671. The number of aliphatic hydroxyl groups is 1. The van der Waals surface area contributed by atoms with Gasteiger partial charge in [-0.2, -0.15) is 0 Å². The van der Waals surface area contributed by atoms with E-state index in [1.807, 2.05) is 57.1 Å². The minimum atomic E-state index is 0.113. The molecule has 0 saturated carbocycles. The van der Waals surface area contributed by atoms with Crippen LogP contribution in [0.15, 0.2) is 24.3 Å². The molecular formula is C11H19NO. The van der Waals surface area contributed by atoms with Gasteiger partial charge in [0, 0.05) is 19.8 Å². The van der Waals surface area contributed by atoms with E-state index in [4.69, 9.17) is 5.11 Å². The van der Waals surface area contributed by atoms with Crippen LogP contribution in [-0.2, 0) is 6.61 Å². The average Bonchev–Trinajstić information content (AvgIpc) is 2.21. The van der Waals surface area contributed by atoms with Crippen molar-refractivity contribution >= 4 is 5.69 Å². The summed E-state index contributed by atoms with van der Waals surface area (Å²) in [5.74, 6) is 0. The second kappa shape index (κ2) is 6.49. The summed E-state index contributed by atoms with van der Waals surface area (Å²) in [6, 6.07) is 7.84. The zero-order valence-electron chi connectivity index (χ0n) is 8.91. The van der Waals surface area contributed by atoms with Crippen LogP contribution < -0.4 is 4.90 Å². The highest BCUT2D eigenvalue weighted by molar-refractivity contribution is 5.46. The molecule has 0 aromatic heterocycles. The van der Waals surface area contributed by atoms with Gasteiger partial charge in [-0.1, -0.05) is 26.0 Å². The fraction of sp³-hybridized carbons (Fsp3) is 0.455. The molecule has 0 saturated heterocycles. The molecule has 0 radical (unpaired) electrons. The van der Waals surface area contributed by atoms with Crippen molar-refractivity contribution < 1.29 is 5.11 Å². The predicted octanol–water partition coefficient (Wildman–Crippen LogP) is 2.27. The Morgan fingerprint density at radius 2 is 1.85 bits per heavy atom. The average molecular weight is 181 g/mol. The first-order chi connectivity index (χ1) is 6.24. The molecule has 0 spiro atoms. The second-order valence-corrected chi connectivity index (χ2v) is 2.72. The molecule has 1 N–H and O–H groups in total. The van der Waals surface area contributed by atoms with Crippen molar-refractivity contribution in [2.75, 3.05) is 19.0 Å². The van der Waals surface area contributed by atoms with Crippen LogP contribution >= 0.6 is 0 Å². The molecule has 1 aromatic carbocycles. The van der Waals surface area contributed by atoms with E-state index < -0.39 is 0 Å². The van der Waals surface area contributed by atoms with Crippen LogP contribution in [0.3, 0.4) is 0 Å². The first-order valence-corrected chi connectivity index (χ1v) is 4.61. The largest absolute Gasteiger partial charge is 0.392 e. The van der Waals surface area contributed by atoms with Crippen molar-refractivity contribution in [1.29, 1.82) is 0 Å². The van der Waals surface area contributed by atoms with Gasteiger partial charge in [0.1, 0.15) is 0 Å². The van der Waals surface area contributed by atoms with E-state index in [-0.39, 0.29) is 6.61 Å². The van der Waals surface area contributed by atoms with Crippen molar-refractivity contribution in [2.45, 2.75) is 20.5 Å². The minimum absolute atomic E-state index is 0.113. The fourth-order valence-electron chi connectivity index (χ4n) is 0.933. The minimum Gasteiger partial charge on any atom is -0.392 e. The Morgan fingerprint density at radius 1 is 1.23 bits per heavy atom. The van der Waals surface area contributed by atoms with Crippen molar-refractivity contribution in [3.8, 4) is 0 Å². The Labute approximate surface area is 80.8 Å². The number of hydrogen-bond acceptors (Lipinski definition) is 2. The molecule has 0 heterocycles. The Hall–Kier alpha value is -1.02. The lowest BCUT2D eigenvalue weighted by molar-refractivity contribution is 0.282. The highest BCUT2D eigenvalue weighted by Gasteiger charge is 1.94. The van der Waals surface area contributed by atoms with E-state index in [1.165, 1.54) is 0 Å². The van der Waals surface area contributed by atoms with Gasteiger partial charge in [0.25, 0.3) is 0 Å². The molecule has 0 unspecified atom stereocenters. The van der Waals surface area contributed by atoms with Crippen LogP contribution in [0, 0.1) is 0 Å². The molecule has 1 aromatic rings. The molecule has 0 amide bonds. The molecule has 0 aliphatic heterocycles. The molecule has 74 valence electrons. The number of nitrogens with zero attached hydrogens (tertiary/aromatic N) is 1. The lowest BCUT2D eigenvalue weighted by Gasteiger charge is -2.12. The maximum Gasteiger partial charge on any atom is 0.0682 e. The molecule has 1 rings (SSSR count). The first kappa shape index (κ1) is 12.0. The second-order valence-electron chi connectivity index (χ2n) is 2.72. The van der Waals surface area contributed by atoms with E-state index in [9.17, 15) is 0 Å². The molecule has 0 atom stereocenters.